The molecule has 0 bridgehead atoms. The Kier molecular flexibility index (Phi) is 3.86. The van der Waals surface area contributed by atoms with E-state index >= 15 is 0 Å². The first-order valence-electron chi connectivity index (χ1n) is 5.53. The number of benzene rings is 1. The molecule has 0 spiro atoms. The molecule has 1 aliphatic rings. The zero-order valence-corrected chi connectivity index (χ0v) is 11.4. The van der Waals surface area contributed by atoms with Gasteiger partial charge in [-0.1, -0.05) is 15.9 Å². The van der Waals surface area contributed by atoms with Crippen molar-refractivity contribution in [2.24, 2.45) is 0 Å². The van der Waals surface area contributed by atoms with Crippen LogP contribution in [0.4, 0.5) is 0 Å². The third kappa shape index (κ3) is 2.81. The fourth-order valence-electron chi connectivity index (χ4n) is 1.78. The van der Waals surface area contributed by atoms with Crippen LogP contribution in [0.1, 0.15) is 16.8 Å². The quantitative estimate of drug-likeness (QED) is 0.877. The predicted molar refractivity (Wildman–Crippen MR) is 69.6 cm³/mol. The minimum absolute atomic E-state index is 0.134. The lowest BCUT2D eigenvalue weighted by molar-refractivity contribution is -0.120. The summed E-state index contributed by atoms with van der Waals surface area (Å²) in [5, 5.41) is 5.37. The summed E-state index contributed by atoms with van der Waals surface area (Å²) in [7, 11) is 1.54. The van der Waals surface area contributed by atoms with Crippen molar-refractivity contribution in [1.29, 1.82) is 0 Å². The van der Waals surface area contributed by atoms with Crippen molar-refractivity contribution in [2.75, 3.05) is 13.7 Å². The third-order valence-electron chi connectivity index (χ3n) is 2.72. The molecule has 0 aromatic heterocycles. The van der Waals surface area contributed by atoms with Crippen molar-refractivity contribution in [3.8, 4) is 5.75 Å². The minimum atomic E-state index is -0.442. The Bertz CT molecular complexity index is 490. The molecule has 0 aliphatic carbocycles. The van der Waals surface area contributed by atoms with Gasteiger partial charge in [-0.05, 0) is 24.6 Å². The SMILES string of the molecule is COc1cc(Br)cc(C(=O)N[C@H]2CCNC2=O)c1. The lowest BCUT2D eigenvalue weighted by Crippen LogP contribution is -2.40. The molecule has 0 unspecified atom stereocenters. The molecule has 2 amide bonds. The van der Waals surface area contributed by atoms with Crippen LogP contribution < -0.4 is 15.4 Å². The van der Waals surface area contributed by atoms with E-state index in [-0.39, 0.29) is 11.8 Å². The lowest BCUT2D eigenvalue weighted by Gasteiger charge is -2.11. The van der Waals surface area contributed by atoms with E-state index in [4.69, 9.17) is 4.74 Å². The molecular weight excluding hydrogens is 300 g/mol. The van der Waals surface area contributed by atoms with Crippen molar-refractivity contribution >= 4 is 27.7 Å². The molecule has 1 aliphatic heterocycles. The molecule has 18 heavy (non-hydrogen) atoms. The molecule has 1 aromatic rings. The summed E-state index contributed by atoms with van der Waals surface area (Å²) < 4.78 is 5.84. The normalized spacial score (nSPS) is 18.3. The second kappa shape index (κ2) is 5.39. The monoisotopic (exact) mass is 312 g/mol. The van der Waals surface area contributed by atoms with Crippen LogP contribution in [-0.2, 0) is 4.79 Å². The smallest absolute Gasteiger partial charge is 0.252 e. The van der Waals surface area contributed by atoms with Gasteiger partial charge in [0.05, 0.1) is 7.11 Å². The number of carbonyl (C=O) groups is 2. The van der Waals surface area contributed by atoms with Crippen molar-refractivity contribution in [1.82, 2.24) is 10.6 Å². The number of rotatable bonds is 3. The number of hydrogen-bond donors (Lipinski definition) is 2. The molecule has 96 valence electrons. The lowest BCUT2D eigenvalue weighted by atomic mass is 10.1. The van der Waals surface area contributed by atoms with Gasteiger partial charge in [-0.2, -0.15) is 0 Å². The van der Waals surface area contributed by atoms with Crippen molar-refractivity contribution < 1.29 is 14.3 Å². The molecule has 1 heterocycles. The van der Waals surface area contributed by atoms with Crippen LogP contribution >= 0.6 is 15.9 Å². The van der Waals surface area contributed by atoms with Crippen molar-refractivity contribution in [2.45, 2.75) is 12.5 Å². The second-order valence-electron chi connectivity index (χ2n) is 3.99. The number of carbonyl (C=O) groups excluding carboxylic acids is 2. The Morgan fingerprint density at radius 3 is 2.89 bits per heavy atom. The summed E-state index contributed by atoms with van der Waals surface area (Å²) >= 11 is 3.31. The topological polar surface area (TPSA) is 67.4 Å². The third-order valence-corrected chi connectivity index (χ3v) is 3.18. The maximum absolute atomic E-state index is 12.0. The minimum Gasteiger partial charge on any atom is -0.497 e. The molecule has 1 aromatic carbocycles. The second-order valence-corrected chi connectivity index (χ2v) is 4.90. The summed E-state index contributed by atoms with van der Waals surface area (Å²) in [5.74, 6) is 0.173. The fourth-order valence-corrected chi connectivity index (χ4v) is 2.26. The fraction of sp³-hybridized carbons (Fsp3) is 0.333. The number of hydrogen-bond acceptors (Lipinski definition) is 3. The van der Waals surface area contributed by atoms with Crippen molar-refractivity contribution in [3.05, 3.63) is 28.2 Å². The first-order valence-corrected chi connectivity index (χ1v) is 6.32. The molecule has 5 nitrogen and oxygen atoms in total. The highest BCUT2D eigenvalue weighted by molar-refractivity contribution is 9.10. The van der Waals surface area contributed by atoms with Gasteiger partial charge in [-0.3, -0.25) is 9.59 Å². The maximum atomic E-state index is 12.0. The van der Waals surface area contributed by atoms with Gasteiger partial charge < -0.3 is 15.4 Å². The van der Waals surface area contributed by atoms with Gasteiger partial charge in [-0.25, -0.2) is 0 Å². The zero-order valence-electron chi connectivity index (χ0n) is 9.83. The summed E-state index contributed by atoms with van der Waals surface area (Å²) in [4.78, 5) is 23.4. The van der Waals surface area contributed by atoms with Gasteiger partial charge in [0.25, 0.3) is 5.91 Å². The molecule has 0 saturated carbocycles. The van der Waals surface area contributed by atoms with Gasteiger partial charge in [0.2, 0.25) is 5.91 Å². The Labute approximate surface area is 113 Å². The Hall–Kier alpha value is -1.56. The van der Waals surface area contributed by atoms with E-state index in [1.54, 1.807) is 18.2 Å². The van der Waals surface area contributed by atoms with E-state index in [0.29, 0.717) is 24.3 Å². The van der Waals surface area contributed by atoms with Gasteiger partial charge >= 0.3 is 0 Å². The summed E-state index contributed by atoms with van der Waals surface area (Å²) in [5.41, 5.74) is 0.459. The Morgan fingerprint density at radius 1 is 1.50 bits per heavy atom. The van der Waals surface area contributed by atoms with E-state index in [0.717, 1.165) is 4.47 Å². The zero-order chi connectivity index (χ0) is 13.1. The maximum Gasteiger partial charge on any atom is 0.252 e. The van der Waals surface area contributed by atoms with Gasteiger partial charge in [0, 0.05) is 16.6 Å². The van der Waals surface area contributed by atoms with Crippen LogP contribution in [0, 0.1) is 0 Å². The molecule has 1 saturated heterocycles. The largest absolute Gasteiger partial charge is 0.497 e. The van der Waals surface area contributed by atoms with Gasteiger partial charge in [0.15, 0.2) is 0 Å². The van der Waals surface area contributed by atoms with E-state index < -0.39 is 6.04 Å². The van der Waals surface area contributed by atoms with Crippen LogP contribution in [0.25, 0.3) is 0 Å². The summed E-state index contributed by atoms with van der Waals surface area (Å²) in [6, 6.07) is 4.64. The molecule has 1 fully saturated rings. The van der Waals surface area contributed by atoms with Crippen LogP contribution in [0.3, 0.4) is 0 Å². The Morgan fingerprint density at radius 2 is 2.28 bits per heavy atom. The molecule has 2 N–H and O–H groups in total. The average Bonchev–Trinajstić information content (AvgIpc) is 2.74. The highest BCUT2D eigenvalue weighted by Crippen LogP contribution is 2.21. The van der Waals surface area contributed by atoms with E-state index in [2.05, 4.69) is 26.6 Å². The predicted octanol–water partition coefficient (Wildman–Crippen LogP) is 1.08. The van der Waals surface area contributed by atoms with Crippen LogP contribution in [0.15, 0.2) is 22.7 Å². The molecule has 1 atom stereocenters. The number of methoxy groups -OCH3 is 1. The van der Waals surface area contributed by atoms with Crippen LogP contribution in [0.2, 0.25) is 0 Å². The number of halogens is 1. The number of amides is 2. The van der Waals surface area contributed by atoms with Crippen molar-refractivity contribution in [3.63, 3.8) is 0 Å². The first-order chi connectivity index (χ1) is 8.60. The Balaban J connectivity index is 2.13. The molecule has 2 rings (SSSR count). The molecule has 0 radical (unpaired) electrons. The van der Waals surface area contributed by atoms with Gasteiger partial charge in [-0.15, -0.1) is 0 Å². The highest BCUT2D eigenvalue weighted by Gasteiger charge is 2.26. The van der Waals surface area contributed by atoms with Crippen LogP contribution in [-0.4, -0.2) is 31.5 Å². The number of nitrogens with one attached hydrogen (secondary N) is 2. The highest BCUT2D eigenvalue weighted by atomic mass is 79.9. The van der Waals surface area contributed by atoms with E-state index in [1.165, 1.54) is 7.11 Å². The van der Waals surface area contributed by atoms with Crippen LogP contribution in [0.5, 0.6) is 5.75 Å². The van der Waals surface area contributed by atoms with Gasteiger partial charge in [0.1, 0.15) is 11.8 Å². The summed E-state index contributed by atoms with van der Waals surface area (Å²) in [6.45, 7) is 0.603. The summed E-state index contributed by atoms with van der Waals surface area (Å²) in [6.07, 6.45) is 0.621. The number of ether oxygens (including phenoxy) is 1. The molecular formula is C12H13BrN2O3. The van der Waals surface area contributed by atoms with E-state index in [9.17, 15) is 9.59 Å². The molecule has 6 heteroatoms. The van der Waals surface area contributed by atoms with E-state index in [1.807, 2.05) is 0 Å². The standard InChI is InChI=1S/C12H13BrN2O3/c1-18-9-5-7(4-8(13)6-9)11(16)15-10-2-3-14-12(10)17/h4-6,10H,2-3H2,1H3,(H,14,17)(H,15,16)/t10-/m0/s1. The first kappa shape index (κ1) is 12.9. The average molecular weight is 313 g/mol.